The highest BCUT2D eigenvalue weighted by Gasteiger charge is 2.15. The lowest BCUT2D eigenvalue weighted by molar-refractivity contribution is 0.516. The van der Waals surface area contributed by atoms with E-state index in [9.17, 15) is 0 Å². The molecule has 3 heteroatoms. The Bertz CT molecular complexity index is 545. The largest absolute Gasteiger partial charge is 0.310 e. The predicted molar refractivity (Wildman–Crippen MR) is 88.9 cm³/mol. The molecule has 114 valence electrons. The average molecular weight is 285 g/mol. The first-order valence-electron chi connectivity index (χ1n) is 8.16. The molecule has 0 saturated heterocycles. The fraction of sp³-hybridized carbons (Fsp3) is 0.500. The second kappa shape index (κ2) is 7.99. The highest BCUT2D eigenvalue weighted by molar-refractivity contribution is 5.44. The normalized spacial score (nSPS) is 12.5. The number of hydrogen-bond acceptors (Lipinski definition) is 2. The van der Waals surface area contributed by atoms with E-state index in [2.05, 4.69) is 66.1 Å². The quantitative estimate of drug-likeness (QED) is 0.784. The Kier molecular flexibility index (Phi) is 6.00. The van der Waals surface area contributed by atoms with Gasteiger partial charge in [0.25, 0.3) is 0 Å². The molecular formula is C18H27N3. The molecule has 1 aromatic heterocycles. The van der Waals surface area contributed by atoms with Crippen LogP contribution in [0.5, 0.6) is 0 Å². The zero-order valence-electron chi connectivity index (χ0n) is 13.5. The van der Waals surface area contributed by atoms with Crippen molar-refractivity contribution in [3.8, 4) is 5.69 Å². The molecule has 1 heterocycles. The molecule has 3 nitrogen and oxygen atoms in total. The average Bonchev–Trinajstić information content (AvgIpc) is 2.97. The van der Waals surface area contributed by atoms with Crippen molar-refractivity contribution >= 4 is 0 Å². The van der Waals surface area contributed by atoms with Gasteiger partial charge in [-0.15, -0.1) is 0 Å². The molecule has 1 atom stereocenters. The summed E-state index contributed by atoms with van der Waals surface area (Å²) in [5.41, 5.74) is 2.62. The summed E-state index contributed by atoms with van der Waals surface area (Å²) in [7, 11) is 0. The summed E-state index contributed by atoms with van der Waals surface area (Å²) >= 11 is 0. The van der Waals surface area contributed by atoms with Gasteiger partial charge < -0.3 is 9.88 Å². The van der Waals surface area contributed by atoms with E-state index in [0.717, 1.165) is 38.1 Å². The van der Waals surface area contributed by atoms with E-state index in [1.807, 2.05) is 6.20 Å². The van der Waals surface area contributed by atoms with Crippen LogP contribution < -0.4 is 5.32 Å². The van der Waals surface area contributed by atoms with Crippen LogP contribution in [0.15, 0.2) is 36.7 Å². The Labute approximate surface area is 128 Å². The van der Waals surface area contributed by atoms with Crippen molar-refractivity contribution in [3.63, 3.8) is 0 Å². The van der Waals surface area contributed by atoms with Crippen molar-refractivity contribution < 1.29 is 0 Å². The predicted octanol–water partition coefficient (Wildman–Crippen LogP) is 4.28. The van der Waals surface area contributed by atoms with E-state index in [1.54, 1.807) is 0 Å². The monoisotopic (exact) mass is 285 g/mol. The molecule has 0 radical (unpaired) electrons. The molecule has 0 bridgehead atoms. The van der Waals surface area contributed by atoms with Gasteiger partial charge in [-0.05, 0) is 37.4 Å². The third-order valence-electron chi connectivity index (χ3n) is 3.81. The van der Waals surface area contributed by atoms with Crippen molar-refractivity contribution in [1.29, 1.82) is 0 Å². The van der Waals surface area contributed by atoms with Crippen LogP contribution in [0.25, 0.3) is 5.69 Å². The van der Waals surface area contributed by atoms with Gasteiger partial charge in [-0.25, -0.2) is 4.98 Å². The molecule has 0 spiro atoms. The lowest BCUT2D eigenvalue weighted by Crippen LogP contribution is -2.23. The van der Waals surface area contributed by atoms with E-state index in [1.165, 1.54) is 11.3 Å². The summed E-state index contributed by atoms with van der Waals surface area (Å²) in [6.07, 6.45) is 8.36. The van der Waals surface area contributed by atoms with Crippen molar-refractivity contribution in [3.05, 3.63) is 48.0 Å². The molecule has 0 aliphatic rings. The number of aryl methyl sites for hydroxylation is 1. The van der Waals surface area contributed by atoms with Crippen molar-refractivity contribution in [1.82, 2.24) is 14.9 Å². The molecule has 0 aliphatic carbocycles. The summed E-state index contributed by atoms with van der Waals surface area (Å²) < 4.78 is 2.25. The van der Waals surface area contributed by atoms with Gasteiger partial charge in [-0.2, -0.15) is 0 Å². The molecule has 0 saturated carbocycles. The maximum atomic E-state index is 4.51. The number of para-hydroxylation sites is 1. The van der Waals surface area contributed by atoms with Crippen LogP contribution in [0.3, 0.4) is 0 Å². The van der Waals surface area contributed by atoms with E-state index in [4.69, 9.17) is 0 Å². The number of rotatable bonds is 8. The topological polar surface area (TPSA) is 29.9 Å². The van der Waals surface area contributed by atoms with E-state index < -0.39 is 0 Å². The highest BCUT2D eigenvalue weighted by Crippen LogP contribution is 2.25. The first-order valence-corrected chi connectivity index (χ1v) is 8.16. The fourth-order valence-electron chi connectivity index (χ4n) is 2.76. The Balaban J connectivity index is 2.37. The Morgan fingerprint density at radius 2 is 1.95 bits per heavy atom. The first kappa shape index (κ1) is 15.8. The minimum Gasteiger partial charge on any atom is -0.310 e. The summed E-state index contributed by atoms with van der Waals surface area (Å²) in [4.78, 5) is 4.51. The van der Waals surface area contributed by atoms with Gasteiger partial charge in [0, 0.05) is 24.9 Å². The third-order valence-corrected chi connectivity index (χ3v) is 3.81. The van der Waals surface area contributed by atoms with E-state index in [-0.39, 0.29) is 0 Å². The smallest absolute Gasteiger partial charge is 0.113 e. The maximum Gasteiger partial charge on any atom is 0.113 e. The van der Waals surface area contributed by atoms with Gasteiger partial charge in [-0.3, -0.25) is 0 Å². The number of nitrogens with one attached hydrogen (secondary N) is 1. The molecule has 0 amide bonds. The van der Waals surface area contributed by atoms with Crippen LogP contribution in [-0.2, 0) is 6.42 Å². The number of nitrogens with zero attached hydrogens (tertiary/aromatic N) is 2. The maximum absolute atomic E-state index is 4.51. The number of hydrogen-bond donors (Lipinski definition) is 1. The van der Waals surface area contributed by atoms with Gasteiger partial charge in [0.2, 0.25) is 0 Å². The van der Waals surface area contributed by atoms with Crippen LogP contribution in [0.2, 0.25) is 0 Å². The van der Waals surface area contributed by atoms with E-state index >= 15 is 0 Å². The number of aromatic nitrogens is 2. The zero-order chi connectivity index (χ0) is 15.1. The second-order valence-corrected chi connectivity index (χ2v) is 5.44. The van der Waals surface area contributed by atoms with Gasteiger partial charge in [-0.1, -0.05) is 39.0 Å². The minimum absolute atomic E-state index is 0.401. The molecule has 1 aromatic carbocycles. The summed E-state index contributed by atoms with van der Waals surface area (Å²) in [6, 6.07) is 9.08. The van der Waals surface area contributed by atoms with Gasteiger partial charge in [0.15, 0.2) is 0 Å². The Morgan fingerprint density at radius 3 is 2.67 bits per heavy atom. The number of benzene rings is 1. The molecule has 0 fully saturated rings. The molecular weight excluding hydrogens is 258 g/mol. The lowest BCUT2D eigenvalue weighted by Gasteiger charge is -2.21. The molecule has 21 heavy (non-hydrogen) atoms. The van der Waals surface area contributed by atoms with Crippen LogP contribution in [0.1, 0.15) is 57.5 Å². The fourth-order valence-corrected chi connectivity index (χ4v) is 2.76. The van der Waals surface area contributed by atoms with Gasteiger partial charge >= 0.3 is 0 Å². The molecule has 0 aliphatic heterocycles. The van der Waals surface area contributed by atoms with Crippen LogP contribution in [0, 0.1) is 0 Å². The van der Waals surface area contributed by atoms with Crippen molar-refractivity contribution in [2.24, 2.45) is 0 Å². The summed E-state index contributed by atoms with van der Waals surface area (Å²) in [6.45, 7) is 7.70. The van der Waals surface area contributed by atoms with Crippen molar-refractivity contribution in [2.45, 2.75) is 52.5 Å². The Morgan fingerprint density at radius 1 is 1.14 bits per heavy atom. The number of imidazole rings is 1. The first-order chi connectivity index (χ1) is 10.3. The van der Waals surface area contributed by atoms with Crippen molar-refractivity contribution in [2.75, 3.05) is 6.54 Å². The van der Waals surface area contributed by atoms with Crippen LogP contribution in [0.4, 0.5) is 0 Å². The summed E-state index contributed by atoms with van der Waals surface area (Å²) in [5, 5.41) is 3.66. The van der Waals surface area contributed by atoms with E-state index in [0.29, 0.717) is 6.04 Å². The Hall–Kier alpha value is -1.61. The SMILES string of the molecule is CCCNC(CC)c1ccccc1-n1ccnc1CCC. The van der Waals surface area contributed by atoms with Crippen LogP contribution >= 0.6 is 0 Å². The standard InChI is InChI=1S/C18H27N3/c1-4-9-18-20-13-14-21(18)17-11-8-7-10-15(17)16(6-3)19-12-5-2/h7-8,10-11,13-14,16,19H,4-6,9,12H2,1-3H3. The minimum atomic E-state index is 0.401. The molecule has 1 unspecified atom stereocenters. The summed E-state index contributed by atoms with van der Waals surface area (Å²) in [5.74, 6) is 1.15. The highest BCUT2D eigenvalue weighted by atomic mass is 15.1. The van der Waals surface area contributed by atoms with Gasteiger partial charge in [0.05, 0.1) is 5.69 Å². The third kappa shape index (κ3) is 3.73. The molecule has 2 aromatic rings. The van der Waals surface area contributed by atoms with Gasteiger partial charge in [0.1, 0.15) is 5.82 Å². The second-order valence-electron chi connectivity index (χ2n) is 5.44. The molecule has 1 N–H and O–H groups in total. The van der Waals surface area contributed by atoms with Crippen LogP contribution in [-0.4, -0.2) is 16.1 Å². The lowest BCUT2D eigenvalue weighted by atomic mass is 10.0. The zero-order valence-corrected chi connectivity index (χ0v) is 13.5. The molecule has 2 rings (SSSR count).